The van der Waals surface area contributed by atoms with Gasteiger partial charge in [-0.3, -0.25) is 9.59 Å². The standard InChI is InChI=1S/C25H24ClF3N6O4/c1-35(2)9-7-31-23(37)16-5-4-15(12-17(16)25(27,28)29)34-22(36)14-3-6-18(26)19(11-14)39-24-20-21(32-13-33-24)30-8-10-38-20/h3-6,11-13H,7-10H2,1-2H3,(H,31,37)(H,34,36)(H,30,32,33). The third-order valence-electron chi connectivity index (χ3n) is 5.48. The largest absolute Gasteiger partial charge is 0.483 e. The highest BCUT2D eigenvalue weighted by atomic mass is 35.5. The van der Waals surface area contributed by atoms with Crippen LogP contribution in [-0.4, -0.2) is 67.0 Å². The maximum atomic E-state index is 13.8. The first kappa shape index (κ1) is 27.9. The van der Waals surface area contributed by atoms with E-state index in [1.165, 1.54) is 30.6 Å². The van der Waals surface area contributed by atoms with Crippen molar-refractivity contribution in [3.8, 4) is 17.4 Å². The van der Waals surface area contributed by atoms with Gasteiger partial charge in [0.05, 0.1) is 22.7 Å². The number of amides is 2. The average Bonchev–Trinajstić information content (AvgIpc) is 2.89. The number of halogens is 4. The second-order valence-electron chi connectivity index (χ2n) is 8.65. The second-order valence-corrected chi connectivity index (χ2v) is 9.06. The highest BCUT2D eigenvalue weighted by molar-refractivity contribution is 6.32. The summed E-state index contributed by atoms with van der Waals surface area (Å²) in [6.07, 6.45) is -3.56. The normalized spacial score (nSPS) is 12.7. The Labute approximate surface area is 226 Å². The van der Waals surface area contributed by atoms with Gasteiger partial charge < -0.3 is 30.3 Å². The Kier molecular flexibility index (Phi) is 8.41. The van der Waals surface area contributed by atoms with E-state index in [2.05, 4.69) is 25.9 Å². The van der Waals surface area contributed by atoms with Gasteiger partial charge in [-0.1, -0.05) is 11.6 Å². The number of carbonyl (C=O) groups excluding carboxylic acids is 2. The molecule has 14 heteroatoms. The molecule has 2 amide bonds. The van der Waals surface area contributed by atoms with Gasteiger partial charge in [-0.05, 0) is 50.5 Å². The number of rotatable bonds is 8. The number of hydrogen-bond donors (Lipinski definition) is 3. The lowest BCUT2D eigenvalue weighted by atomic mass is 10.0. The quantitative estimate of drug-likeness (QED) is 0.371. The van der Waals surface area contributed by atoms with E-state index >= 15 is 0 Å². The molecule has 0 fully saturated rings. The SMILES string of the molecule is CN(C)CCNC(=O)c1ccc(NC(=O)c2ccc(Cl)c(Oc3ncnc4c3OCCN4)c2)cc1C(F)(F)F. The molecule has 0 atom stereocenters. The number of benzene rings is 2. The Morgan fingerprint density at radius 1 is 1.15 bits per heavy atom. The molecule has 10 nitrogen and oxygen atoms in total. The van der Waals surface area contributed by atoms with Crippen molar-refractivity contribution in [3.63, 3.8) is 0 Å². The van der Waals surface area contributed by atoms with Crippen molar-refractivity contribution in [3.05, 3.63) is 64.4 Å². The van der Waals surface area contributed by atoms with Crippen molar-refractivity contribution >= 4 is 34.9 Å². The van der Waals surface area contributed by atoms with Gasteiger partial charge in [0.15, 0.2) is 5.82 Å². The molecule has 0 bridgehead atoms. The summed E-state index contributed by atoms with van der Waals surface area (Å²) in [4.78, 5) is 35.2. The van der Waals surface area contributed by atoms with E-state index in [1.54, 1.807) is 19.0 Å². The molecule has 0 spiro atoms. The highest BCUT2D eigenvalue weighted by Crippen LogP contribution is 2.38. The first-order valence-electron chi connectivity index (χ1n) is 11.7. The van der Waals surface area contributed by atoms with E-state index in [4.69, 9.17) is 21.1 Å². The monoisotopic (exact) mass is 564 g/mol. The first-order valence-corrected chi connectivity index (χ1v) is 12.1. The molecule has 2 aromatic carbocycles. The van der Waals surface area contributed by atoms with Gasteiger partial charge >= 0.3 is 6.18 Å². The van der Waals surface area contributed by atoms with Gasteiger partial charge in [-0.15, -0.1) is 0 Å². The minimum atomic E-state index is -4.83. The number of ether oxygens (including phenoxy) is 2. The van der Waals surface area contributed by atoms with E-state index in [9.17, 15) is 22.8 Å². The van der Waals surface area contributed by atoms with E-state index in [0.717, 1.165) is 6.07 Å². The zero-order valence-electron chi connectivity index (χ0n) is 20.9. The van der Waals surface area contributed by atoms with Crippen LogP contribution in [0.15, 0.2) is 42.7 Å². The van der Waals surface area contributed by atoms with Crippen LogP contribution in [0.2, 0.25) is 5.02 Å². The molecule has 1 aromatic heterocycles. The summed E-state index contributed by atoms with van der Waals surface area (Å²) in [7, 11) is 3.55. The Balaban J connectivity index is 1.53. The predicted octanol–water partition coefficient (Wildman–Crippen LogP) is 4.29. The highest BCUT2D eigenvalue weighted by Gasteiger charge is 2.35. The number of hydrogen-bond acceptors (Lipinski definition) is 8. The lowest BCUT2D eigenvalue weighted by Gasteiger charge is -2.19. The van der Waals surface area contributed by atoms with Crippen LogP contribution in [0.25, 0.3) is 0 Å². The van der Waals surface area contributed by atoms with Crippen molar-refractivity contribution in [2.45, 2.75) is 6.18 Å². The van der Waals surface area contributed by atoms with Gasteiger partial charge in [0.1, 0.15) is 18.7 Å². The number of nitrogens with zero attached hydrogens (tertiary/aromatic N) is 3. The Hall–Kier alpha value is -4.10. The number of fused-ring (bicyclic) bond motifs is 1. The minimum Gasteiger partial charge on any atom is -0.483 e. The van der Waals surface area contributed by atoms with Crippen LogP contribution in [-0.2, 0) is 6.18 Å². The van der Waals surface area contributed by atoms with Gasteiger partial charge in [0.25, 0.3) is 17.7 Å². The summed E-state index contributed by atoms with van der Waals surface area (Å²) in [6, 6.07) is 7.06. The Morgan fingerprint density at radius 3 is 2.69 bits per heavy atom. The number of alkyl halides is 3. The minimum absolute atomic E-state index is 0.0513. The van der Waals surface area contributed by atoms with Crippen LogP contribution in [0.5, 0.6) is 17.4 Å². The van der Waals surface area contributed by atoms with E-state index < -0.39 is 29.1 Å². The van der Waals surface area contributed by atoms with Crippen LogP contribution in [0.4, 0.5) is 24.7 Å². The summed E-state index contributed by atoms with van der Waals surface area (Å²) < 4.78 is 52.6. The predicted molar refractivity (Wildman–Crippen MR) is 138 cm³/mol. The van der Waals surface area contributed by atoms with E-state index in [-0.39, 0.29) is 40.2 Å². The van der Waals surface area contributed by atoms with Gasteiger partial charge in [-0.25, -0.2) is 4.98 Å². The lowest BCUT2D eigenvalue weighted by molar-refractivity contribution is -0.137. The van der Waals surface area contributed by atoms with Crippen molar-refractivity contribution in [1.29, 1.82) is 0 Å². The molecular formula is C25H24ClF3N6O4. The molecule has 2 heterocycles. The fourth-order valence-electron chi connectivity index (χ4n) is 3.58. The number of anilines is 2. The molecule has 0 aliphatic carbocycles. The summed E-state index contributed by atoms with van der Waals surface area (Å²) in [5.74, 6) is -0.740. The fourth-order valence-corrected chi connectivity index (χ4v) is 3.74. The fraction of sp³-hybridized carbons (Fsp3) is 0.280. The van der Waals surface area contributed by atoms with Crippen LogP contribution < -0.4 is 25.4 Å². The Bertz CT molecular complexity index is 1390. The first-order chi connectivity index (χ1) is 18.5. The summed E-state index contributed by atoms with van der Waals surface area (Å²) in [6.45, 7) is 1.54. The zero-order chi connectivity index (χ0) is 28.2. The third kappa shape index (κ3) is 6.86. The van der Waals surface area contributed by atoms with Crippen LogP contribution in [0, 0.1) is 0 Å². The van der Waals surface area contributed by atoms with E-state index in [1.807, 2.05) is 0 Å². The number of likely N-dealkylation sites (N-methyl/N-ethyl adjacent to an activating group) is 1. The molecule has 3 aromatic rings. The summed E-state index contributed by atoms with van der Waals surface area (Å²) in [5.41, 5.74) is -1.83. The van der Waals surface area contributed by atoms with Crippen LogP contribution in [0.3, 0.4) is 0 Å². The third-order valence-corrected chi connectivity index (χ3v) is 5.80. The molecule has 1 aliphatic heterocycles. The number of nitrogens with one attached hydrogen (secondary N) is 3. The van der Waals surface area contributed by atoms with Crippen LogP contribution >= 0.6 is 11.6 Å². The molecule has 1 aliphatic rings. The Morgan fingerprint density at radius 2 is 1.95 bits per heavy atom. The number of aromatic nitrogens is 2. The lowest BCUT2D eigenvalue weighted by Crippen LogP contribution is -2.32. The molecule has 206 valence electrons. The summed E-state index contributed by atoms with van der Waals surface area (Å²) in [5, 5.41) is 8.08. The van der Waals surface area contributed by atoms with Crippen LogP contribution in [0.1, 0.15) is 26.3 Å². The molecule has 39 heavy (non-hydrogen) atoms. The van der Waals surface area contributed by atoms with Gasteiger partial charge in [0, 0.05) is 24.3 Å². The molecule has 0 unspecified atom stereocenters. The van der Waals surface area contributed by atoms with Crippen molar-refractivity contribution in [2.24, 2.45) is 0 Å². The van der Waals surface area contributed by atoms with Crippen molar-refractivity contribution in [1.82, 2.24) is 20.2 Å². The topological polar surface area (TPSA) is 118 Å². The van der Waals surface area contributed by atoms with Crippen molar-refractivity contribution in [2.75, 3.05) is 51.0 Å². The molecular weight excluding hydrogens is 541 g/mol. The second kappa shape index (κ2) is 11.7. The smallest absolute Gasteiger partial charge is 0.417 e. The average molecular weight is 565 g/mol. The van der Waals surface area contributed by atoms with Gasteiger partial charge in [0.2, 0.25) is 5.75 Å². The van der Waals surface area contributed by atoms with Gasteiger partial charge in [-0.2, -0.15) is 18.2 Å². The maximum absolute atomic E-state index is 13.8. The molecule has 4 rings (SSSR count). The molecule has 0 saturated carbocycles. The zero-order valence-corrected chi connectivity index (χ0v) is 21.6. The van der Waals surface area contributed by atoms with Crippen molar-refractivity contribution < 1.29 is 32.2 Å². The number of carbonyl (C=O) groups is 2. The maximum Gasteiger partial charge on any atom is 0.417 e. The summed E-state index contributed by atoms with van der Waals surface area (Å²) >= 11 is 6.24. The molecule has 0 saturated heterocycles. The van der Waals surface area contributed by atoms with E-state index in [0.29, 0.717) is 31.6 Å². The molecule has 0 radical (unpaired) electrons. The molecule has 3 N–H and O–H groups in total.